The van der Waals surface area contributed by atoms with Gasteiger partial charge in [-0.05, 0) is 22.4 Å². The average Bonchev–Trinajstić information content (AvgIpc) is 2.99. The maximum absolute atomic E-state index is 12.8. The molecular formula is C12H13BrF3N5O. The molecular weight excluding hydrogens is 367 g/mol. The van der Waals surface area contributed by atoms with Gasteiger partial charge < -0.3 is 9.67 Å². The summed E-state index contributed by atoms with van der Waals surface area (Å²) in [6.07, 6.45) is -3.64. The Balaban J connectivity index is 1.86. The summed E-state index contributed by atoms with van der Waals surface area (Å²) in [5.74, 6) is -0.822. The molecule has 10 heteroatoms. The number of aliphatic hydroxyl groups excluding tert-OH is 1. The number of aryl methyl sites for hydroxylation is 2. The quantitative estimate of drug-likeness (QED) is 0.865. The van der Waals surface area contributed by atoms with E-state index in [4.69, 9.17) is 0 Å². The number of alkyl halides is 3. The molecule has 0 saturated heterocycles. The largest absolute Gasteiger partial charge is 0.393 e. The number of imidazole rings is 1. The van der Waals surface area contributed by atoms with Crippen molar-refractivity contribution in [3.8, 4) is 0 Å². The van der Waals surface area contributed by atoms with Gasteiger partial charge in [-0.1, -0.05) is 0 Å². The number of hydrogen-bond donors (Lipinski definition) is 1. The molecule has 2 aromatic heterocycles. The number of aromatic nitrogens is 5. The van der Waals surface area contributed by atoms with Crippen LogP contribution in [0, 0.1) is 5.92 Å². The Labute approximate surface area is 132 Å². The van der Waals surface area contributed by atoms with Gasteiger partial charge in [0, 0.05) is 26.2 Å². The van der Waals surface area contributed by atoms with Crippen molar-refractivity contribution in [3.63, 3.8) is 0 Å². The van der Waals surface area contributed by atoms with Crippen molar-refractivity contribution in [2.75, 3.05) is 0 Å². The second-order valence-electron chi connectivity index (χ2n) is 5.28. The zero-order chi connectivity index (χ0) is 16.1. The SMILES string of the molecule is Cn1nc(Br)c(C(O)c2cn3c(n2)CCC(C(F)(F)F)C3)n1. The highest BCUT2D eigenvalue weighted by atomic mass is 79.9. The lowest BCUT2D eigenvalue weighted by Crippen LogP contribution is -2.31. The molecule has 3 rings (SSSR count). The van der Waals surface area contributed by atoms with Gasteiger partial charge in [0.25, 0.3) is 0 Å². The maximum Gasteiger partial charge on any atom is 0.393 e. The number of hydrogen-bond acceptors (Lipinski definition) is 4. The molecule has 2 unspecified atom stereocenters. The summed E-state index contributed by atoms with van der Waals surface area (Å²) in [7, 11) is 1.60. The van der Waals surface area contributed by atoms with Crippen LogP contribution in [0.3, 0.4) is 0 Å². The van der Waals surface area contributed by atoms with Gasteiger partial charge in [0.2, 0.25) is 0 Å². The molecule has 2 atom stereocenters. The van der Waals surface area contributed by atoms with E-state index < -0.39 is 18.2 Å². The highest BCUT2D eigenvalue weighted by Gasteiger charge is 2.41. The zero-order valence-corrected chi connectivity index (χ0v) is 13.1. The second kappa shape index (κ2) is 5.34. The molecule has 1 aliphatic rings. The summed E-state index contributed by atoms with van der Waals surface area (Å²) >= 11 is 3.18. The third kappa shape index (κ3) is 2.76. The minimum Gasteiger partial charge on any atom is -0.380 e. The van der Waals surface area contributed by atoms with Gasteiger partial charge >= 0.3 is 6.18 Å². The molecule has 1 aliphatic heterocycles. The van der Waals surface area contributed by atoms with Crippen LogP contribution in [-0.2, 0) is 20.0 Å². The summed E-state index contributed by atoms with van der Waals surface area (Å²) < 4.78 is 40.3. The smallest absolute Gasteiger partial charge is 0.380 e. The van der Waals surface area contributed by atoms with Gasteiger partial charge in [-0.25, -0.2) is 4.98 Å². The van der Waals surface area contributed by atoms with Crippen LogP contribution in [0.1, 0.15) is 29.7 Å². The number of halogens is 4. The van der Waals surface area contributed by atoms with Crippen molar-refractivity contribution in [1.82, 2.24) is 24.5 Å². The van der Waals surface area contributed by atoms with Crippen molar-refractivity contribution < 1.29 is 18.3 Å². The summed E-state index contributed by atoms with van der Waals surface area (Å²) in [5.41, 5.74) is 0.560. The fourth-order valence-corrected chi connectivity index (χ4v) is 3.10. The molecule has 0 fully saturated rings. The maximum atomic E-state index is 12.8. The highest BCUT2D eigenvalue weighted by Crippen LogP contribution is 2.35. The summed E-state index contributed by atoms with van der Waals surface area (Å²) in [6, 6.07) is 0. The first-order valence-corrected chi connectivity index (χ1v) is 7.42. The van der Waals surface area contributed by atoms with Crippen LogP contribution in [0.4, 0.5) is 13.2 Å². The van der Waals surface area contributed by atoms with Gasteiger partial charge in [-0.2, -0.15) is 23.1 Å². The van der Waals surface area contributed by atoms with Gasteiger partial charge in [0.05, 0.1) is 11.6 Å². The number of rotatable bonds is 2. The standard InChI is InChI=1S/C12H13BrF3N5O/c1-20-18-9(11(13)19-20)10(22)7-5-21-4-6(12(14,15)16)2-3-8(21)17-7/h5-6,10,22H,2-4H2,1H3. The van der Waals surface area contributed by atoms with Crippen LogP contribution in [0.5, 0.6) is 0 Å². The second-order valence-corrected chi connectivity index (χ2v) is 6.03. The molecule has 6 nitrogen and oxygen atoms in total. The molecule has 0 saturated carbocycles. The van der Waals surface area contributed by atoms with Crippen molar-refractivity contribution in [2.45, 2.75) is 31.7 Å². The topological polar surface area (TPSA) is 68.8 Å². The number of fused-ring (bicyclic) bond motifs is 1. The van der Waals surface area contributed by atoms with E-state index in [9.17, 15) is 18.3 Å². The van der Waals surface area contributed by atoms with Crippen molar-refractivity contribution in [2.24, 2.45) is 13.0 Å². The van der Waals surface area contributed by atoms with E-state index in [0.717, 1.165) is 0 Å². The van der Waals surface area contributed by atoms with E-state index >= 15 is 0 Å². The summed E-state index contributed by atoms with van der Waals surface area (Å²) in [4.78, 5) is 5.53. The van der Waals surface area contributed by atoms with Crippen LogP contribution in [0.2, 0.25) is 0 Å². The van der Waals surface area contributed by atoms with E-state index in [1.165, 1.54) is 15.6 Å². The Morgan fingerprint density at radius 3 is 2.73 bits per heavy atom. The van der Waals surface area contributed by atoms with Gasteiger partial charge in [-0.15, -0.1) is 5.10 Å². The molecule has 3 heterocycles. The Kier molecular flexibility index (Phi) is 3.76. The molecule has 2 aromatic rings. The van der Waals surface area contributed by atoms with Crippen LogP contribution in [0.15, 0.2) is 10.8 Å². The van der Waals surface area contributed by atoms with Crippen molar-refractivity contribution in [1.29, 1.82) is 0 Å². The number of aliphatic hydroxyl groups is 1. The molecule has 1 N–H and O–H groups in total. The Morgan fingerprint density at radius 1 is 1.41 bits per heavy atom. The fraction of sp³-hybridized carbons (Fsp3) is 0.583. The van der Waals surface area contributed by atoms with Crippen molar-refractivity contribution in [3.05, 3.63) is 28.0 Å². The Bertz CT molecular complexity index is 695. The molecule has 0 bridgehead atoms. The predicted molar refractivity (Wildman–Crippen MR) is 72.9 cm³/mol. The van der Waals surface area contributed by atoms with Crippen LogP contribution in [-0.4, -0.2) is 35.8 Å². The normalized spacial score (nSPS) is 20.0. The molecule has 0 aliphatic carbocycles. The first-order valence-electron chi connectivity index (χ1n) is 6.63. The molecule has 0 aromatic carbocycles. The average molecular weight is 380 g/mol. The Morgan fingerprint density at radius 2 is 2.14 bits per heavy atom. The van der Waals surface area contributed by atoms with Gasteiger partial charge in [0.1, 0.15) is 17.6 Å². The van der Waals surface area contributed by atoms with Crippen LogP contribution >= 0.6 is 15.9 Å². The van der Waals surface area contributed by atoms with Crippen LogP contribution < -0.4 is 0 Å². The lowest BCUT2D eigenvalue weighted by molar-refractivity contribution is -0.182. The lowest BCUT2D eigenvalue weighted by atomic mass is 9.99. The van der Waals surface area contributed by atoms with Crippen molar-refractivity contribution >= 4 is 15.9 Å². The number of nitrogens with zero attached hydrogens (tertiary/aromatic N) is 5. The van der Waals surface area contributed by atoms with E-state index in [2.05, 4.69) is 31.1 Å². The molecule has 0 spiro atoms. The van der Waals surface area contributed by atoms with E-state index in [0.29, 0.717) is 10.4 Å². The van der Waals surface area contributed by atoms with E-state index in [-0.39, 0.29) is 30.8 Å². The van der Waals surface area contributed by atoms with Crippen LogP contribution in [0.25, 0.3) is 0 Å². The first-order chi connectivity index (χ1) is 10.3. The summed E-state index contributed by atoms with van der Waals surface area (Å²) in [5, 5.41) is 18.3. The van der Waals surface area contributed by atoms with Gasteiger partial charge in [-0.3, -0.25) is 0 Å². The molecule has 120 valence electrons. The third-order valence-corrected chi connectivity index (χ3v) is 4.27. The molecule has 22 heavy (non-hydrogen) atoms. The monoisotopic (exact) mass is 379 g/mol. The summed E-state index contributed by atoms with van der Waals surface area (Å²) in [6.45, 7) is -0.166. The zero-order valence-electron chi connectivity index (χ0n) is 11.5. The Hall–Kier alpha value is -1.42. The molecule has 0 radical (unpaired) electrons. The lowest BCUT2D eigenvalue weighted by Gasteiger charge is -2.25. The van der Waals surface area contributed by atoms with E-state index in [1.54, 1.807) is 7.05 Å². The highest BCUT2D eigenvalue weighted by molar-refractivity contribution is 9.10. The third-order valence-electron chi connectivity index (χ3n) is 3.71. The van der Waals surface area contributed by atoms with Gasteiger partial charge in [0.15, 0.2) is 4.60 Å². The molecule has 0 amide bonds. The van der Waals surface area contributed by atoms with E-state index in [1.807, 2.05) is 0 Å². The predicted octanol–water partition coefficient (Wildman–Crippen LogP) is 1.98. The fourth-order valence-electron chi connectivity index (χ4n) is 2.57. The minimum absolute atomic E-state index is 0.0187. The first kappa shape index (κ1) is 15.5. The minimum atomic E-state index is -4.21.